The average Bonchev–Trinajstić information content (AvgIpc) is 2.93. The van der Waals surface area contributed by atoms with Gasteiger partial charge in [0.25, 0.3) is 0 Å². The van der Waals surface area contributed by atoms with Crippen molar-refractivity contribution in [1.82, 2.24) is 4.31 Å². The van der Waals surface area contributed by atoms with Crippen molar-refractivity contribution in [3.63, 3.8) is 0 Å². The number of nitrogens with zero attached hydrogens (tertiary/aromatic N) is 1. The first-order valence-corrected chi connectivity index (χ1v) is 9.91. The van der Waals surface area contributed by atoms with Gasteiger partial charge in [0.15, 0.2) is 0 Å². The van der Waals surface area contributed by atoms with Gasteiger partial charge in [0.05, 0.1) is 10.3 Å². The van der Waals surface area contributed by atoms with Gasteiger partial charge in [-0.2, -0.15) is 4.31 Å². The van der Waals surface area contributed by atoms with E-state index in [0.29, 0.717) is 10.6 Å². The molecule has 1 fully saturated rings. The molecule has 5 nitrogen and oxygen atoms in total. The van der Waals surface area contributed by atoms with Crippen LogP contribution in [0, 0.1) is 19.8 Å². The molecule has 118 valence electrons. The van der Waals surface area contributed by atoms with Crippen LogP contribution in [-0.4, -0.2) is 41.0 Å². The summed E-state index contributed by atoms with van der Waals surface area (Å²) in [6.45, 7) is 7.43. The molecule has 8 heteroatoms. The van der Waals surface area contributed by atoms with E-state index in [9.17, 15) is 18.3 Å². The highest BCUT2D eigenvalue weighted by molar-refractivity contribution is 8.01. The molecule has 1 aliphatic rings. The standard InChI is InChI=1S/C13H19NO4S3/c1-7(2)12-14(10(6-19-12)13(15)16)21(17,18)11-5-8(3)20-9(11)4/h5,7,10,12H,6H2,1-4H3,(H,15,16). The summed E-state index contributed by atoms with van der Waals surface area (Å²) in [5, 5.41) is 9.01. The number of aliphatic carboxylic acids is 1. The van der Waals surface area contributed by atoms with Crippen molar-refractivity contribution in [2.24, 2.45) is 5.92 Å². The van der Waals surface area contributed by atoms with Gasteiger partial charge in [0, 0.05) is 15.5 Å². The van der Waals surface area contributed by atoms with E-state index in [0.717, 1.165) is 4.88 Å². The molecule has 0 radical (unpaired) electrons. The summed E-state index contributed by atoms with van der Waals surface area (Å²) < 4.78 is 27.1. The third-order valence-electron chi connectivity index (χ3n) is 3.39. The van der Waals surface area contributed by atoms with Crippen LogP contribution in [0.15, 0.2) is 11.0 Å². The molecule has 1 aromatic rings. The fourth-order valence-electron chi connectivity index (χ4n) is 2.46. The highest BCUT2D eigenvalue weighted by atomic mass is 32.2. The van der Waals surface area contributed by atoms with E-state index in [-0.39, 0.29) is 16.2 Å². The minimum absolute atomic E-state index is 0.0502. The zero-order valence-corrected chi connectivity index (χ0v) is 14.8. The number of rotatable bonds is 4. The predicted octanol–water partition coefficient (Wildman–Crippen LogP) is 2.54. The van der Waals surface area contributed by atoms with E-state index in [1.54, 1.807) is 13.0 Å². The van der Waals surface area contributed by atoms with Crippen molar-refractivity contribution >= 4 is 39.1 Å². The van der Waals surface area contributed by atoms with E-state index in [1.165, 1.54) is 27.4 Å². The molecule has 0 amide bonds. The van der Waals surface area contributed by atoms with Crippen LogP contribution in [0.1, 0.15) is 23.6 Å². The van der Waals surface area contributed by atoms with Crippen LogP contribution >= 0.6 is 23.1 Å². The fourth-order valence-corrected chi connectivity index (χ4v) is 7.71. The second-order valence-electron chi connectivity index (χ2n) is 5.43. The molecule has 2 heterocycles. The van der Waals surface area contributed by atoms with Crippen LogP contribution in [0.2, 0.25) is 0 Å². The van der Waals surface area contributed by atoms with Crippen molar-refractivity contribution in [2.75, 3.05) is 5.75 Å². The summed E-state index contributed by atoms with van der Waals surface area (Å²) in [7, 11) is -3.79. The molecule has 21 heavy (non-hydrogen) atoms. The maximum atomic E-state index is 13.0. The summed E-state index contributed by atoms with van der Waals surface area (Å²) in [5.74, 6) is -0.743. The van der Waals surface area contributed by atoms with E-state index < -0.39 is 22.0 Å². The first-order valence-electron chi connectivity index (χ1n) is 6.61. The van der Waals surface area contributed by atoms with Gasteiger partial charge in [-0.1, -0.05) is 13.8 Å². The van der Waals surface area contributed by atoms with E-state index in [4.69, 9.17) is 0 Å². The molecule has 0 spiro atoms. The van der Waals surface area contributed by atoms with Crippen molar-refractivity contribution in [1.29, 1.82) is 0 Å². The number of hydrogen-bond acceptors (Lipinski definition) is 5. The molecule has 0 saturated carbocycles. The zero-order chi connectivity index (χ0) is 15.9. The SMILES string of the molecule is Cc1cc(S(=O)(=O)N2C(C(=O)O)CSC2C(C)C)c(C)s1. The Labute approximate surface area is 133 Å². The number of carboxylic acids is 1. The Kier molecular flexibility index (Phi) is 4.72. The number of hydrogen-bond donors (Lipinski definition) is 1. The van der Waals surface area contributed by atoms with Crippen LogP contribution in [0.5, 0.6) is 0 Å². The summed E-state index contributed by atoms with van der Waals surface area (Å²) in [6.07, 6.45) is 0. The van der Waals surface area contributed by atoms with Crippen LogP contribution in [-0.2, 0) is 14.8 Å². The molecular formula is C13H19NO4S3. The largest absolute Gasteiger partial charge is 0.480 e. The van der Waals surface area contributed by atoms with Crippen molar-refractivity contribution in [3.8, 4) is 0 Å². The Morgan fingerprint density at radius 3 is 2.48 bits per heavy atom. The maximum Gasteiger partial charge on any atom is 0.322 e. The van der Waals surface area contributed by atoms with Crippen molar-refractivity contribution in [2.45, 2.75) is 44.0 Å². The van der Waals surface area contributed by atoms with E-state index >= 15 is 0 Å². The minimum Gasteiger partial charge on any atom is -0.480 e. The molecule has 1 saturated heterocycles. The van der Waals surface area contributed by atoms with Gasteiger partial charge < -0.3 is 5.11 Å². The second-order valence-corrected chi connectivity index (χ2v) is 9.86. The van der Waals surface area contributed by atoms with Gasteiger partial charge in [-0.25, -0.2) is 8.42 Å². The van der Waals surface area contributed by atoms with Crippen LogP contribution in [0.25, 0.3) is 0 Å². The van der Waals surface area contributed by atoms with Crippen LogP contribution < -0.4 is 0 Å². The summed E-state index contributed by atoms with van der Waals surface area (Å²) in [4.78, 5) is 13.3. The molecule has 0 aliphatic carbocycles. The number of aryl methyl sites for hydroxylation is 2. The quantitative estimate of drug-likeness (QED) is 0.904. The van der Waals surface area contributed by atoms with Crippen molar-refractivity contribution < 1.29 is 18.3 Å². The lowest BCUT2D eigenvalue weighted by Gasteiger charge is -2.28. The Morgan fingerprint density at radius 2 is 2.05 bits per heavy atom. The third kappa shape index (κ3) is 2.99. The summed E-state index contributed by atoms with van der Waals surface area (Å²) >= 11 is 2.81. The molecule has 0 aromatic carbocycles. The minimum atomic E-state index is -3.79. The molecular weight excluding hydrogens is 330 g/mol. The van der Waals surface area contributed by atoms with Gasteiger partial charge in [-0.15, -0.1) is 23.1 Å². The smallest absolute Gasteiger partial charge is 0.322 e. The monoisotopic (exact) mass is 349 g/mol. The topological polar surface area (TPSA) is 74.7 Å². The van der Waals surface area contributed by atoms with Gasteiger partial charge in [0.1, 0.15) is 6.04 Å². The molecule has 2 atom stereocenters. The number of carbonyl (C=O) groups is 1. The van der Waals surface area contributed by atoms with Gasteiger partial charge in [-0.3, -0.25) is 4.79 Å². The lowest BCUT2D eigenvalue weighted by molar-refractivity contribution is -0.140. The van der Waals surface area contributed by atoms with Crippen LogP contribution in [0.3, 0.4) is 0 Å². The van der Waals surface area contributed by atoms with Gasteiger partial charge in [0.2, 0.25) is 10.0 Å². The highest BCUT2D eigenvalue weighted by Gasteiger charge is 2.47. The Bertz CT molecular complexity index is 650. The third-order valence-corrected chi connectivity index (χ3v) is 8.26. The highest BCUT2D eigenvalue weighted by Crippen LogP contribution is 2.40. The molecule has 2 unspecified atom stereocenters. The molecule has 1 N–H and O–H groups in total. The molecule has 0 bridgehead atoms. The lowest BCUT2D eigenvalue weighted by Crippen LogP contribution is -2.47. The number of sulfonamides is 1. The number of thiophene rings is 1. The predicted molar refractivity (Wildman–Crippen MR) is 85.3 cm³/mol. The average molecular weight is 349 g/mol. The fraction of sp³-hybridized carbons (Fsp3) is 0.615. The first kappa shape index (κ1) is 16.8. The number of thioether (sulfide) groups is 1. The van der Waals surface area contributed by atoms with E-state index in [1.807, 2.05) is 20.8 Å². The molecule has 1 aromatic heterocycles. The van der Waals surface area contributed by atoms with Crippen molar-refractivity contribution in [3.05, 3.63) is 15.8 Å². The summed E-state index contributed by atoms with van der Waals surface area (Å²) in [6, 6.07) is 0.640. The van der Waals surface area contributed by atoms with Crippen LogP contribution in [0.4, 0.5) is 0 Å². The normalized spacial score (nSPS) is 23.9. The Hall–Kier alpha value is -0.570. The molecule has 2 rings (SSSR count). The molecule has 1 aliphatic heterocycles. The van der Waals surface area contributed by atoms with Gasteiger partial charge in [-0.05, 0) is 25.8 Å². The number of carboxylic acid groups (broad SMARTS) is 1. The lowest BCUT2D eigenvalue weighted by atomic mass is 10.2. The maximum absolute atomic E-state index is 13.0. The zero-order valence-electron chi connectivity index (χ0n) is 12.4. The first-order chi connectivity index (χ1) is 9.66. The Balaban J connectivity index is 2.53. The Morgan fingerprint density at radius 1 is 1.43 bits per heavy atom. The van der Waals surface area contributed by atoms with Gasteiger partial charge >= 0.3 is 5.97 Å². The second kappa shape index (κ2) is 5.91. The van der Waals surface area contributed by atoms with E-state index in [2.05, 4.69) is 0 Å². The summed E-state index contributed by atoms with van der Waals surface area (Å²) in [5.41, 5.74) is 0.